The van der Waals surface area contributed by atoms with Gasteiger partial charge in [-0.2, -0.15) is 0 Å². The second kappa shape index (κ2) is 9.52. The number of carbonyl (C=O) groups is 1. The van der Waals surface area contributed by atoms with Gasteiger partial charge in [0, 0.05) is 18.7 Å². The number of non-ortho nitro benzene ring substituents is 1. The number of carbonyl (C=O) groups excluding carboxylic acids is 1. The average molecular weight is 449 g/mol. The molecule has 0 atom stereocenters. The van der Waals surface area contributed by atoms with Gasteiger partial charge in [0.25, 0.3) is 5.69 Å². The molecule has 1 amide bonds. The summed E-state index contributed by atoms with van der Waals surface area (Å²) < 4.78 is 7.36. The third-order valence-corrected chi connectivity index (χ3v) is 5.75. The third-order valence-electron chi connectivity index (χ3n) is 4.81. The quantitative estimate of drug-likeness (QED) is 0.244. The second-order valence-electron chi connectivity index (χ2n) is 6.88. The fourth-order valence-corrected chi connectivity index (χ4v) is 4.13. The molecule has 162 valence electrons. The molecule has 8 nitrogen and oxygen atoms in total. The molecule has 0 aliphatic rings. The van der Waals surface area contributed by atoms with Gasteiger partial charge in [-0.25, -0.2) is 4.98 Å². The zero-order valence-electron chi connectivity index (χ0n) is 17.2. The second-order valence-corrected chi connectivity index (χ2v) is 7.83. The summed E-state index contributed by atoms with van der Waals surface area (Å²) in [7, 11) is 1.58. The Labute approximate surface area is 188 Å². The van der Waals surface area contributed by atoms with Gasteiger partial charge in [0.15, 0.2) is 5.16 Å². The zero-order chi connectivity index (χ0) is 22.5. The number of fused-ring (bicyclic) bond motifs is 1. The number of nitrogens with one attached hydrogen (secondary N) is 1. The molecule has 32 heavy (non-hydrogen) atoms. The van der Waals surface area contributed by atoms with Gasteiger partial charge < -0.3 is 10.1 Å². The summed E-state index contributed by atoms with van der Waals surface area (Å²) in [6.07, 6.45) is 0. The number of rotatable bonds is 8. The summed E-state index contributed by atoms with van der Waals surface area (Å²) >= 11 is 1.26. The van der Waals surface area contributed by atoms with Crippen LogP contribution in [0.3, 0.4) is 0 Å². The molecule has 0 unspecified atom stereocenters. The van der Waals surface area contributed by atoms with Crippen LogP contribution in [0.25, 0.3) is 16.7 Å². The van der Waals surface area contributed by atoms with Crippen molar-refractivity contribution in [2.24, 2.45) is 0 Å². The van der Waals surface area contributed by atoms with E-state index in [0.29, 0.717) is 28.5 Å². The molecular weight excluding hydrogens is 428 g/mol. The van der Waals surface area contributed by atoms with Crippen LogP contribution in [0.5, 0.6) is 5.75 Å². The number of nitrogens with zero attached hydrogens (tertiary/aromatic N) is 3. The van der Waals surface area contributed by atoms with Gasteiger partial charge in [0.2, 0.25) is 5.91 Å². The average Bonchev–Trinajstić information content (AvgIpc) is 3.19. The Bertz CT molecular complexity index is 1270. The molecule has 0 fully saturated rings. The van der Waals surface area contributed by atoms with E-state index in [9.17, 15) is 14.9 Å². The summed E-state index contributed by atoms with van der Waals surface area (Å²) in [6, 6.07) is 21.6. The summed E-state index contributed by atoms with van der Waals surface area (Å²) in [5.41, 5.74) is 2.86. The SMILES string of the molecule is COc1ccccc1-n1c(SCC(=O)NCc2ccccc2)nc2cc([N+](=O)[O-])ccc21. The van der Waals surface area contributed by atoms with E-state index in [4.69, 9.17) is 4.74 Å². The number of methoxy groups -OCH3 is 1. The highest BCUT2D eigenvalue weighted by atomic mass is 32.2. The summed E-state index contributed by atoms with van der Waals surface area (Å²) in [6.45, 7) is 0.440. The largest absolute Gasteiger partial charge is 0.495 e. The lowest BCUT2D eigenvalue weighted by atomic mass is 10.2. The molecule has 9 heteroatoms. The van der Waals surface area contributed by atoms with Gasteiger partial charge in [-0.3, -0.25) is 19.5 Å². The Morgan fingerprint density at radius 3 is 2.62 bits per heavy atom. The van der Waals surface area contributed by atoms with Crippen molar-refractivity contribution in [3.8, 4) is 11.4 Å². The molecule has 0 saturated carbocycles. The molecule has 0 saturated heterocycles. The summed E-state index contributed by atoms with van der Waals surface area (Å²) in [5.74, 6) is 0.636. The van der Waals surface area contributed by atoms with E-state index in [2.05, 4.69) is 10.3 Å². The number of imidazole rings is 1. The molecule has 1 aromatic heterocycles. The van der Waals surface area contributed by atoms with E-state index in [-0.39, 0.29) is 17.3 Å². The fraction of sp³-hybridized carbons (Fsp3) is 0.130. The van der Waals surface area contributed by atoms with Crippen LogP contribution in [-0.4, -0.2) is 33.2 Å². The summed E-state index contributed by atoms with van der Waals surface area (Å²) in [5, 5.41) is 14.6. The van der Waals surface area contributed by atoms with Crippen LogP contribution >= 0.6 is 11.8 Å². The highest BCUT2D eigenvalue weighted by Gasteiger charge is 2.19. The Kier molecular flexibility index (Phi) is 6.37. The topological polar surface area (TPSA) is 99.3 Å². The van der Waals surface area contributed by atoms with Crippen molar-refractivity contribution < 1.29 is 14.5 Å². The molecule has 1 heterocycles. The molecule has 0 spiro atoms. The van der Waals surface area contributed by atoms with Gasteiger partial charge in [0.1, 0.15) is 5.75 Å². The van der Waals surface area contributed by atoms with Crippen molar-refractivity contribution in [1.29, 1.82) is 0 Å². The van der Waals surface area contributed by atoms with Crippen LogP contribution in [0.1, 0.15) is 5.56 Å². The van der Waals surface area contributed by atoms with Crippen molar-refractivity contribution >= 4 is 34.4 Å². The number of aromatic nitrogens is 2. The van der Waals surface area contributed by atoms with Gasteiger partial charge >= 0.3 is 0 Å². The van der Waals surface area contributed by atoms with Gasteiger partial charge in [-0.15, -0.1) is 0 Å². The normalized spacial score (nSPS) is 10.8. The van der Waals surface area contributed by atoms with Crippen molar-refractivity contribution in [2.45, 2.75) is 11.7 Å². The predicted molar refractivity (Wildman–Crippen MR) is 123 cm³/mol. The maximum atomic E-state index is 12.4. The number of para-hydroxylation sites is 2. The van der Waals surface area contributed by atoms with E-state index in [1.165, 1.54) is 23.9 Å². The zero-order valence-corrected chi connectivity index (χ0v) is 18.0. The number of ether oxygens (including phenoxy) is 1. The number of thioether (sulfide) groups is 1. The first-order valence-electron chi connectivity index (χ1n) is 9.80. The highest BCUT2D eigenvalue weighted by Crippen LogP contribution is 2.33. The molecule has 4 aromatic rings. The molecular formula is C23H20N4O4S. The minimum Gasteiger partial charge on any atom is -0.495 e. The maximum Gasteiger partial charge on any atom is 0.271 e. The van der Waals surface area contributed by atoms with Crippen molar-refractivity contribution in [3.63, 3.8) is 0 Å². The van der Waals surface area contributed by atoms with Crippen molar-refractivity contribution in [2.75, 3.05) is 12.9 Å². The highest BCUT2D eigenvalue weighted by molar-refractivity contribution is 7.99. The lowest BCUT2D eigenvalue weighted by Gasteiger charge is -2.13. The predicted octanol–water partition coefficient (Wildman–Crippen LogP) is 4.35. The molecule has 1 N–H and O–H groups in total. The molecule has 0 radical (unpaired) electrons. The Balaban J connectivity index is 1.63. The van der Waals surface area contributed by atoms with Crippen molar-refractivity contribution in [3.05, 3.63) is 88.5 Å². The van der Waals surface area contributed by atoms with Crippen LogP contribution in [0, 0.1) is 10.1 Å². The number of nitro benzene ring substituents is 1. The van der Waals surface area contributed by atoms with E-state index in [1.807, 2.05) is 59.2 Å². The van der Waals surface area contributed by atoms with Crippen LogP contribution in [0.15, 0.2) is 78.0 Å². The molecule has 3 aromatic carbocycles. The number of benzene rings is 3. The van der Waals surface area contributed by atoms with E-state index in [0.717, 1.165) is 11.3 Å². The standard InChI is InChI=1S/C23H20N4O4S/c1-31-21-10-6-5-9-20(21)26-19-12-11-17(27(29)30)13-18(19)25-23(26)32-15-22(28)24-14-16-7-3-2-4-8-16/h2-13H,14-15H2,1H3,(H,24,28). The van der Waals surface area contributed by atoms with Gasteiger partial charge in [0.05, 0.1) is 34.5 Å². The van der Waals surface area contributed by atoms with Crippen LogP contribution in [0.2, 0.25) is 0 Å². The first-order chi connectivity index (χ1) is 15.6. The van der Waals surface area contributed by atoms with Crippen LogP contribution < -0.4 is 10.1 Å². The van der Waals surface area contributed by atoms with E-state index < -0.39 is 4.92 Å². The van der Waals surface area contributed by atoms with E-state index >= 15 is 0 Å². The number of hydrogen-bond donors (Lipinski definition) is 1. The third kappa shape index (κ3) is 4.57. The summed E-state index contributed by atoms with van der Waals surface area (Å²) in [4.78, 5) is 27.8. The van der Waals surface area contributed by atoms with E-state index in [1.54, 1.807) is 13.2 Å². The number of amides is 1. The van der Waals surface area contributed by atoms with Gasteiger partial charge in [-0.1, -0.05) is 54.2 Å². The Hall–Kier alpha value is -3.85. The van der Waals surface area contributed by atoms with Crippen LogP contribution in [0.4, 0.5) is 5.69 Å². The fourth-order valence-electron chi connectivity index (χ4n) is 3.28. The number of nitro groups is 1. The lowest BCUT2D eigenvalue weighted by molar-refractivity contribution is -0.384. The minimum absolute atomic E-state index is 0.0423. The lowest BCUT2D eigenvalue weighted by Crippen LogP contribution is -2.24. The Morgan fingerprint density at radius 2 is 1.88 bits per heavy atom. The first-order valence-corrected chi connectivity index (χ1v) is 10.8. The molecule has 0 aliphatic carbocycles. The minimum atomic E-state index is -0.453. The molecule has 0 bridgehead atoms. The monoisotopic (exact) mass is 448 g/mol. The van der Waals surface area contributed by atoms with Crippen molar-refractivity contribution in [1.82, 2.24) is 14.9 Å². The molecule has 0 aliphatic heterocycles. The smallest absolute Gasteiger partial charge is 0.271 e. The maximum absolute atomic E-state index is 12.4. The van der Waals surface area contributed by atoms with Gasteiger partial charge in [-0.05, 0) is 23.8 Å². The Morgan fingerprint density at radius 1 is 1.12 bits per heavy atom. The first kappa shape index (κ1) is 21.4. The number of hydrogen-bond acceptors (Lipinski definition) is 6. The molecule has 4 rings (SSSR count). The van der Waals surface area contributed by atoms with Crippen LogP contribution in [-0.2, 0) is 11.3 Å².